The van der Waals surface area contributed by atoms with Crippen LogP contribution in [-0.2, 0) is 6.42 Å². The van der Waals surface area contributed by atoms with Gasteiger partial charge in [-0.3, -0.25) is 4.98 Å². The van der Waals surface area contributed by atoms with Crippen molar-refractivity contribution in [3.8, 4) is 22.4 Å². The average molecular weight is 617 g/mol. The second kappa shape index (κ2) is 10.4. The summed E-state index contributed by atoms with van der Waals surface area (Å²) in [6.45, 7) is 0. The minimum Gasteiger partial charge on any atom is -0.252 e. The molecule has 0 atom stereocenters. The molecule has 9 aromatic rings. The molecular formula is C44H28N2S. The lowest BCUT2D eigenvalue weighted by atomic mass is 9.89. The maximum Gasteiger partial charge on any atom is 0.0979 e. The van der Waals surface area contributed by atoms with Gasteiger partial charge < -0.3 is 0 Å². The zero-order valence-electron chi connectivity index (χ0n) is 25.6. The Morgan fingerprint density at radius 1 is 0.511 bits per heavy atom. The van der Waals surface area contributed by atoms with Crippen LogP contribution in [0.5, 0.6) is 0 Å². The van der Waals surface area contributed by atoms with E-state index in [1.807, 2.05) is 17.5 Å². The first kappa shape index (κ1) is 26.6. The number of aryl methyl sites for hydroxylation is 1. The number of aromatic nitrogens is 2. The lowest BCUT2D eigenvalue weighted by Crippen LogP contribution is -1.96. The van der Waals surface area contributed by atoms with E-state index >= 15 is 0 Å². The third-order valence-electron chi connectivity index (χ3n) is 9.80. The van der Waals surface area contributed by atoms with Crippen molar-refractivity contribution in [3.63, 3.8) is 0 Å². The highest BCUT2D eigenvalue weighted by Crippen LogP contribution is 2.43. The molecule has 1 aliphatic rings. The molecule has 0 saturated carbocycles. The van der Waals surface area contributed by atoms with Crippen molar-refractivity contribution in [1.82, 2.24) is 9.97 Å². The number of hydrogen-bond donors (Lipinski definition) is 0. The van der Waals surface area contributed by atoms with Crippen LogP contribution in [0.25, 0.3) is 87.5 Å². The summed E-state index contributed by atoms with van der Waals surface area (Å²) < 4.78 is 1.35. The Morgan fingerprint density at radius 3 is 2.04 bits per heavy atom. The second-order valence-corrected chi connectivity index (χ2v) is 13.6. The van der Waals surface area contributed by atoms with Gasteiger partial charge >= 0.3 is 0 Å². The fraction of sp³-hybridized carbons (Fsp3) is 0.0455. The van der Waals surface area contributed by atoms with Crippen LogP contribution in [-0.4, -0.2) is 9.97 Å². The van der Waals surface area contributed by atoms with Gasteiger partial charge in [-0.2, -0.15) is 0 Å². The Bertz CT molecular complexity index is 2710. The van der Waals surface area contributed by atoms with Crippen molar-refractivity contribution in [2.45, 2.75) is 12.8 Å². The van der Waals surface area contributed by atoms with Crippen molar-refractivity contribution in [1.29, 1.82) is 0 Å². The SMILES string of the molecule is C1=C(c2cccc3ccccc23)CCc2sc3ccc(-c4cccc(-c5cnc6c7ccccc7c7ccccc7c6n5)c4)cc3c21. The summed E-state index contributed by atoms with van der Waals surface area (Å²) in [6.07, 6.45) is 6.54. The third-order valence-corrected chi connectivity index (χ3v) is 11.0. The lowest BCUT2D eigenvalue weighted by Gasteiger charge is -2.16. The van der Waals surface area contributed by atoms with Crippen molar-refractivity contribution in [3.05, 3.63) is 156 Å². The van der Waals surface area contributed by atoms with Gasteiger partial charge in [0.15, 0.2) is 0 Å². The Hall–Kier alpha value is -5.64. The lowest BCUT2D eigenvalue weighted by molar-refractivity contribution is 1.03. The van der Waals surface area contributed by atoms with E-state index in [1.165, 1.54) is 64.3 Å². The number of rotatable bonds is 3. The Labute approximate surface area is 276 Å². The quantitative estimate of drug-likeness (QED) is 0.185. The molecule has 3 heteroatoms. The minimum atomic E-state index is 0.886. The van der Waals surface area contributed by atoms with Crippen molar-refractivity contribution < 1.29 is 0 Å². The van der Waals surface area contributed by atoms with E-state index in [1.54, 1.807) is 0 Å². The highest BCUT2D eigenvalue weighted by Gasteiger charge is 2.19. The third kappa shape index (κ3) is 4.24. The largest absolute Gasteiger partial charge is 0.252 e. The first-order valence-corrected chi connectivity index (χ1v) is 17.0. The first-order chi connectivity index (χ1) is 23.3. The molecule has 2 nitrogen and oxygen atoms in total. The summed E-state index contributed by atoms with van der Waals surface area (Å²) in [7, 11) is 0. The van der Waals surface area contributed by atoms with Gasteiger partial charge in [0.2, 0.25) is 0 Å². The second-order valence-electron chi connectivity index (χ2n) is 12.5. The van der Waals surface area contributed by atoms with Gasteiger partial charge in [-0.1, -0.05) is 115 Å². The Balaban J connectivity index is 1.08. The summed E-state index contributed by atoms with van der Waals surface area (Å²) in [5, 5.41) is 8.67. The van der Waals surface area contributed by atoms with Gasteiger partial charge in [0.1, 0.15) is 0 Å². The molecule has 0 bridgehead atoms. The molecule has 220 valence electrons. The van der Waals surface area contributed by atoms with Crippen molar-refractivity contribution >= 4 is 76.4 Å². The monoisotopic (exact) mass is 616 g/mol. The van der Waals surface area contributed by atoms with Gasteiger partial charge in [0, 0.05) is 31.3 Å². The van der Waals surface area contributed by atoms with E-state index in [9.17, 15) is 0 Å². The topological polar surface area (TPSA) is 25.8 Å². The molecule has 1 aliphatic carbocycles. The van der Waals surface area contributed by atoms with Gasteiger partial charge in [-0.15, -0.1) is 11.3 Å². The summed E-state index contributed by atoms with van der Waals surface area (Å²) >= 11 is 1.94. The van der Waals surface area contributed by atoms with Gasteiger partial charge in [0.25, 0.3) is 0 Å². The summed E-state index contributed by atoms with van der Waals surface area (Å²) in [5.41, 5.74) is 10.4. The van der Waals surface area contributed by atoms with Crippen LogP contribution in [0.3, 0.4) is 0 Å². The number of hydrogen-bond acceptors (Lipinski definition) is 3. The molecule has 0 N–H and O–H groups in total. The first-order valence-electron chi connectivity index (χ1n) is 16.2. The predicted molar refractivity (Wildman–Crippen MR) is 201 cm³/mol. The van der Waals surface area contributed by atoms with Crippen LogP contribution in [0.15, 0.2) is 140 Å². The number of thiophene rings is 1. The molecule has 47 heavy (non-hydrogen) atoms. The minimum absolute atomic E-state index is 0.886. The number of nitrogens with zero attached hydrogens (tertiary/aromatic N) is 2. The zero-order valence-corrected chi connectivity index (χ0v) is 26.4. The van der Waals surface area contributed by atoms with Crippen molar-refractivity contribution in [2.24, 2.45) is 0 Å². The maximum atomic E-state index is 5.25. The molecular weight excluding hydrogens is 589 g/mol. The summed E-state index contributed by atoms with van der Waals surface area (Å²) in [5.74, 6) is 0. The highest BCUT2D eigenvalue weighted by atomic mass is 32.1. The molecule has 0 radical (unpaired) electrons. The standard InChI is InChI=1S/C44H28N2S/c1-2-13-32-27(9-1)10-8-18-33(32)30-20-22-42-39(25-30)38-24-29(19-21-41(38)47-42)28-11-7-12-31(23-28)40-26-45-43-36-16-5-3-14-34(36)35-15-4-6-17-37(35)44(43)46-40/h1-19,21,23-26H,20,22H2. The fourth-order valence-corrected chi connectivity index (χ4v) is 8.69. The number of allylic oxidation sites excluding steroid dienone is 1. The van der Waals surface area contributed by atoms with E-state index in [2.05, 4.69) is 140 Å². The van der Waals surface area contributed by atoms with Crippen LogP contribution in [0.2, 0.25) is 0 Å². The van der Waals surface area contributed by atoms with Crippen LogP contribution < -0.4 is 0 Å². The fourth-order valence-electron chi connectivity index (χ4n) is 7.52. The van der Waals surface area contributed by atoms with Gasteiger partial charge in [-0.05, 0) is 86.5 Å². The predicted octanol–water partition coefficient (Wildman–Crippen LogP) is 12.1. The molecule has 2 aromatic heterocycles. The molecule has 2 heterocycles. The highest BCUT2D eigenvalue weighted by molar-refractivity contribution is 7.19. The normalized spacial score (nSPS) is 13.1. The molecule has 0 saturated heterocycles. The van der Waals surface area contributed by atoms with E-state index < -0.39 is 0 Å². The maximum absolute atomic E-state index is 5.25. The van der Waals surface area contributed by atoms with E-state index in [0.717, 1.165) is 45.9 Å². The number of benzene rings is 7. The smallest absolute Gasteiger partial charge is 0.0979 e. The molecule has 0 spiro atoms. The molecule has 10 rings (SSSR count). The molecule has 0 fully saturated rings. The van der Waals surface area contributed by atoms with E-state index in [-0.39, 0.29) is 0 Å². The Kier molecular flexibility index (Phi) is 5.91. The number of fused-ring (bicyclic) bond motifs is 10. The Morgan fingerprint density at radius 2 is 1.19 bits per heavy atom. The van der Waals surface area contributed by atoms with E-state index in [0.29, 0.717) is 0 Å². The van der Waals surface area contributed by atoms with Crippen LogP contribution in [0.4, 0.5) is 0 Å². The van der Waals surface area contributed by atoms with Gasteiger partial charge in [-0.25, -0.2) is 4.98 Å². The van der Waals surface area contributed by atoms with E-state index in [4.69, 9.17) is 9.97 Å². The zero-order chi connectivity index (χ0) is 30.9. The molecule has 0 aliphatic heterocycles. The van der Waals surface area contributed by atoms with Crippen LogP contribution >= 0.6 is 11.3 Å². The van der Waals surface area contributed by atoms with Crippen LogP contribution in [0, 0.1) is 0 Å². The van der Waals surface area contributed by atoms with Crippen molar-refractivity contribution in [2.75, 3.05) is 0 Å². The molecule has 0 unspecified atom stereocenters. The average Bonchev–Trinajstić information content (AvgIpc) is 3.52. The molecule has 0 amide bonds. The molecule has 7 aromatic carbocycles. The van der Waals surface area contributed by atoms with Gasteiger partial charge in [0.05, 0.1) is 22.9 Å². The van der Waals surface area contributed by atoms with Crippen LogP contribution in [0.1, 0.15) is 22.4 Å². The summed E-state index contributed by atoms with van der Waals surface area (Å²) in [6, 6.07) is 48.2. The summed E-state index contributed by atoms with van der Waals surface area (Å²) in [4.78, 5) is 11.7.